The van der Waals surface area contributed by atoms with Gasteiger partial charge in [0.2, 0.25) is 11.8 Å². The quantitative estimate of drug-likeness (QED) is 0.257. The number of nitrogens with one attached hydrogen (secondary N) is 1. The highest BCUT2D eigenvalue weighted by Gasteiger charge is 2.58. The van der Waals surface area contributed by atoms with Crippen molar-refractivity contribution in [3.63, 3.8) is 0 Å². The minimum Gasteiger partial charge on any atom is -0.394 e. The number of aliphatic hydroxyl groups is 2. The molecule has 2 bridgehead atoms. The van der Waals surface area contributed by atoms with Crippen LogP contribution in [0.25, 0.3) is 0 Å². The van der Waals surface area contributed by atoms with Crippen molar-refractivity contribution in [2.45, 2.75) is 148 Å². The number of ether oxygens (including phenoxy) is 2. The first-order valence-electron chi connectivity index (χ1n) is 20.7. The van der Waals surface area contributed by atoms with Crippen LogP contribution in [-0.4, -0.2) is 109 Å². The van der Waals surface area contributed by atoms with E-state index < -0.39 is 24.2 Å². The second-order valence-electron chi connectivity index (χ2n) is 18.6. The number of carbonyl (C=O) groups is 2. The molecule has 10 heteroatoms. The third-order valence-corrected chi connectivity index (χ3v) is 15.3. The third-order valence-electron chi connectivity index (χ3n) is 15.3. The maximum Gasteiger partial charge on any atom is 0.240 e. The summed E-state index contributed by atoms with van der Waals surface area (Å²) in [6, 6.07) is -0.574. The van der Waals surface area contributed by atoms with Crippen LogP contribution >= 0.6 is 0 Å². The molecule has 3 N–H and O–H groups in total. The smallest absolute Gasteiger partial charge is 0.240 e. The molecular weight excluding hydrogens is 646 g/mol. The number of hydrogen-bond donors (Lipinski definition) is 3. The molecule has 51 heavy (non-hydrogen) atoms. The van der Waals surface area contributed by atoms with E-state index in [0.29, 0.717) is 53.6 Å². The fourth-order valence-electron chi connectivity index (χ4n) is 11.9. The van der Waals surface area contributed by atoms with Gasteiger partial charge in [-0.15, -0.1) is 0 Å². The summed E-state index contributed by atoms with van der Waals surface area (Å²) in [5.74, 6) is 2.93. The standard InChI is InChI=1S/C41H71N3O7/c1-24-33-19-30(41(33,3)4)20-34(24)42-39(47)37-36(25(2)46)35(22-45)51-44(37)21-29-9-8-10-32(27-13-15-28(16-14-27)40(48)43(5)6)38(29)50-23-26-11-17-31(49-7)18-12-26/h24-38,45-46H,8-23H2,1-7H3,(H,42,47)/t24-,25-,26?,27?,28?,29?,30+,31?,32?,33-,34-,35-,36+,37-,38?/m0/s1. The Hall–Kier alpha value is -1.30. The highest BCUT2D eigenvalue weighted by molar-refractivity contribution is 5.83. The maximum absolute atomic E-state index is 14.4. The first-order chi connectivity index (χ1) is 24.3. The molecule has 0 radical (unpaired) electrons. The topological polar surface area (TPSA) is 121 Å². The number of aliphatic hydroxyl groups excluding tert-OH is 2. The van der Waals surface area contributed by atoms with E-state index in [-0.39, 0.29) is 42.4 Å². The summed E-state index contributed by atoms with van der Waals surface area (Å²) in [4.78, 5) is 35.4. The lowest BCUT2D eigenvalue weighted by Gasteiger charge is -2.62. The highest BCUT2D eigenvalue weighted by atomic mass is 16.7. The molecule has 7 fully saturated rings. The van der Waals surface area contributed by atoms with Crippen LogP contribution in [0.1, 0.15) is 111 Å². The molecule has 7 aliphatic rings. The van der Waals surface area contributed by atoms with Crippen molar-refractivity contribution in [2.75, 3.05) is 41.0 Å². The van der Waals surface area contributed by atoms with Gasteiger partial charge in [0.05, 0.1) is 24.9 Å². The zero-order chi connectivity index (χ0) is 36.6. The highest BCUT2D eigenvalue weighted by Crippen LogP contribution is 2.61. The lowest BCUT2D eigenvalue weighted by Crippen LogP contribution is -2.62. The molecule has 0 spiro atoms. The number of nitrogens with zero attached hydrogens (tertiary/aromatic N) is 2. The second kappa shape index (κ2) is 16.6. The van der Waals surface area contributed by atoms with Crippen LogP contribution in [0.15, 0.2) is 0 Å². The minimum absolute atomic E-state index is 0.0307. The molecule has 2 amide bonds. The van der Waals surface area contributed by atoms with E-state index in [1.807, 2.05) is 26.3 Å². The molecule has 0 aromatic rings. The molecule has 0 aromatic carbocycles. The molecule has 1 saturated heterocycles. The minimum atomic E-state index is -0.813. The van der Waals surface area contributed by atoms with E-state index in [1.54, 1.807) is 11.8 Å². The fraction of sp³-hybridized carbons (Fsp3) is 0.951. The van der Waals surface area contributed by atoms with Crippen LogP contribution < -0.4 is 5.32 Å². The van der Waals surface area contributed by atoms with Gasteiger partial charge in [-0.05, 0) is 125 Å². The van der Waals surface area contributed by atoms with Crippen LogP contribution in [0.5, 0.6) is 0 Å². The Kier molecular flexibility index (Phi) is 12.8. The van der Waals surface area contributed by atoms with Crippen molar-refractivity contribution in [2.24, 2.45) is 58.7 Å². The SMILES string of the molecule is COC1CCC(COC2C(CN3O[C@@H](CO)[C@@H]([C@H](C)O)[C@H]3C(=O)N[C@H]3C[C@H]4C[C@@H]([C@@H]3C)C4(C)C)CCCC2C2CCC(C(=O)N(C)C)CC2)CC1. The van der Waals surface area contributed by atoms with Gasteiger partial charge in [-0.1, -0.05) is 27.2 Å². The lowest BCUT2D eigenvalue weighted by atomic mass is 9.45. The van der Waals surface area contributed by atoms with E-state index >= 15 is 0 Å². The van der Waals surface area contributed by atoms with Gasteiger partial charge in [0.15, 0.2) is 0 Å². The van der Waals surface area contributed by atoms with Gasteiger partial charge in [0, 0.05) is 58.2 Å². The maximum atomic E-state index is 14.4. The van der Waals surface area contributed by atoms with Gasteiger partial charge in [-0.2, -0.15) is 5.06 Å². The summed E-state index contributed by atoms with van der Waals surface area (Å²) >= 11 is 0. The van der Waals surface area contributed by atoms with Crippen LogP contribution in [0.3, 0.4) is 0 Å². The molecule has 10 nitrogen and oxygen atoms in total. The molecule has 0 aromatic heterocycles. The number of amides is 2. The van der Waals surface area contributed by atoms with E-state index in [0.717, 1.165) is 83.7 Å². The molecule has 6 aliphatic carbocycles. The average molecular weight is 718 g/mol. The Morgan fingerprint density at radius 3 is 2.31 bits per heavy atom. The van der Waals surface area contributed by atoms with Crippen LogP contribution in [0.4, 0.5) is 0 Å². The summed E-state index contributed by atoms with van der Waals surface area (Å²) in [5.41, 5.74) is 0.323. The van der Waals surface area contributed by atoms with E-state index in [1.165, 1.54) is 6.42 Å². The average Bonchev–Trinajstić information content (AvgIpc) is 3.50. The van der Waals surface area contributed by atoms with Gasteiger partial charge in [-0.3, -0.25) is 14.4 Å². The molecule has 292 valence electrons. The van der Waals surface area contributed by atoms with Crippen molar-refractivity contribution < 1.29 is 34.1 Å². The molecule has 6 saturated carbocycles. The Bertz CT molecular complexity index is 1170. The van der Waals surface area contributed by atoms with Gasteiger partial charge >= 0.3 is 0 Å². The summed E-state index contributed by atoms with van der Waals surface area (Å²) in [6.07, 6.45) is 12.7. The molecule has 7 rings (SSSR count). The Labute approximate surface area is 308 Å². The predicted molar refractivity (Wildman–Crippen MR) is 196 cm³/mol. The Balaban J connectivity index is 1.19. The molecule has 3 unspecified atom stereocenters. The molecule has 1 aliphatic heterocycles. The van der Waals surface area contributed by atoms with Crippen molar-refractivity contribution in [3.05, 3.63) is 0 Å². The van der Waals surface area contributed by atoms with Gasteiger partial charge in [0.25, 0.3) is 0 Å². The van der Waals surface area contributed by atoms with Crippen LogP contribution in [0, 0.1) is 58.7 Å². The first kappa shape index (κ1) is 39.4. The van der Waals surface area contributed by atoms with Gasteiger partial charge < -0.3 is 29.9 Å². The number of rotatable bonds is 12. The predicted octanol–water partition coefficient (Wildman–Crippen LogP) is 5.05. The van der Waals surface area contributed by atoms with Crippen molar-refractivity contribution >= 4 is 11.8 Å². The molecule has 11 atom stereocenters. The van der Waals surface area contributed by atoms with Crippen molar-refractivity contribution in [3.8, 4) is 0 Å². The van der Waals surface area contributed by atoms with E-state index in [9.17, 15) is 19.8 Å². The third kappa shape index (κ3) is 8.22. The lowest BCUT2D eigenvalue weighted by molar-refractivity contribution is -0.195. The number of fused-ring (bicyclic) bond motifs is 2. The monoisotopic (exact) mass is 718 g/mol. The van der Waals surface area contributed by atoms with Crippen LogP contribution in [0.2, 0.25) is 0 Å². The summed E-state index contributed by atoms with van der Waals surface area (Å²) < 4.78 is 12.7. The van der Waals surface area contributed by atoms with Gasteiger partial charge in [0.1, 0.15) is 12.1 Å². The Morgan fingerprint density at radius 2 is 1.73 bits per heavy atom. The first-order valence-corrected chi connectivity index (χ1v) is 20.7. The van der Waals surface area contributed by atoms with Gasteiger partial charge in [-0.25, -0.2) is 0 Å². The van der Waals surface area contributed by atoms with E-state index in [4.69, 9.17) is 14.3 Å². The number of hydroxylamine groups is 2. The zero-order valence-electron chi connectivity index (χ0n) is 32.8. The zero-order valence-corrected chi connectivity index (χ0v) is 32.8. The second-order valence-corrected chi connectivity index (χ2v) is 18.6. The number of hydrogen-bond acceptors (Lipinski definition) is 8. The van der Waals surface area contributed by atoms with E-state index in [2.05, 4.69) is 26.1 Å². The summed E-state index contributed by atoms with van der Waals surface area (Å²) in [6.45, 7) is 9.77. The van der Waals surface area contributed by atoms with Crippen LogP contribution in [-0.2, 0) is 23.9 Å². The van der Waals surface area contributed by atoms with Crippen molar-refractivity contribution in [1.29, 1.82) is 0 Å². The summed E-state index contributed by atoms with van der Waals surface area (Å²) in [7, 11) is 5.54. The fourth-order valence-corrected chi connectivity index (χ4v) is 11.9. The number of methoxy groups -OCH3 is 1. The summed E-state index contributed by atoms with van der Waals surface area (Å²) in [5, 5.41) is 26.8. The van der Waals surface area contributed by atoms with Crippen molar-refractivity contribution in [1.82, 2.24) is 15.3 Å². The molecule has 1 heterocycles. The Morgan fingerprint density at radius 1 is 1.02 bits per heavy atom. The molecular formula is C41H71N3O7. The largest absolute Gasteiger partial charge is 0.394 e. The normalized spacial score (nSPS) is 43.2. The number of carbonyl (C=O) groups excluding carboxylic acids is 2.